The summed E-state index contributed by atoms with van der Waals surface area (Å²) in [7, 11) is 1.62. The van der Waals surface area contributed by atoms with Gasteiger partial charge in [-0.05, 0) is 18.6 Å². The molecule has 0 saturated carbocycles. The number of nitrogens with zero attached hydrogens (tertiary/aromatic N) is 2. The number of unbranched alkanes of at least 4 members (excludes halogenated alkanes) is 1. The highest BCUT2D eigenvalue weighted by Gasteiger charge is 2.32. The number of aromatic nitrogens is 1. The standard InChI is InChI=1S/C12H15F3N2O/c1-3-4-7-17(2)11(18)9-5-6-10(16-8-9)12(13,14)15/h5-6,8H,3-4,7H2,1-2H3. The summed E-state index contributed by atoms with van der Waals surface area (Å²) in [6, 6.07) is 1.97. The summed E-state index contributed by atoms with van der Waals surface area (Å²) in [5.41, 5.74) is -0.822. The molecule has 0 N–H and O–H groups in total. The average molecular weight is 260 g/mol. The number of carbonyl (C=O) groups excluding carboxylic acids is 1. The van der Waals surface area contributed by atoms with Crippen LogP contribution in [-0.2, 0) is 6.18 Å². The number of halogens is 3. The molecule has 0 unspecified atom stereocenters. The van der Waals surface area contributed by atoms with E-state index in [1.807, 2.05) is 6.92 Å². The lowest BCUT2D eigenvalue weighted by Gasteiger charge is -2.16. The smallest absolute Gasteiger partial charge is 0.342 e. The van der Waals surface area contributed by atoms with Gasteiger partial charge in [-0.15, -0.1) is 0 Å². The number of carbonyl (C=O) groups is 1. The largest absolute Gasteiger partial charge is 0.433 e. The Morgan fingerprint density at radius 3 is 2.50 bits per heavy atom. The second-order valence-electron chi connectivity index (χ2n) is 4.01. The van der Waals surface area contributed by atoms with Gasteiger partial charge >= 0.3 is 6.18 Å². The maximum Gasteiger partial charge on any atom is 0.433 e. The molecule has 100 valence electrons. The zero-order valence-corrected chi connectivity index (χ0v) is 10.3. The number of alkyl halides is 3. The molecule has 0 aliphatic heterocycles. The van der Waals surface area contributed by atoms with Gasteiger partial charge in [0.25, 0.3) is 5.91 Å². The van der Waals surface area contributed by atoms with E-state index in [-0.39, 0.29) is 11.5 Å². The van der Waals surface area contributed by atoms with E-state index in [9.17, 15) is 18.0 Å². The first kappa shape index (κ1) is 14.5. The maximum absolute atomic E-state index is 12.3. The minimum absolute atomic E-state index is 0.168. The van der Waals surface area contributed by atoms with Crippen molar-refractivity contribution in [3.63, 3.8) is 0 Å². The van der Waals surface area contributed by atoms with Crippen LogP contribution < -0.4 is 0 Å². The molecule has 0 fully saturated rings. The third kappa shape index (κ3) is 3.72. The molecule has 0 spiro atoms. The number of amides is 1. The number of hydrogen-bond donors (Lipinski definition) is 0. The molecular formula is C12H15F3N2O. The van der Waals surface area contributed by atoms with E-state index in [0.29, 0.717) is 6.54 Å². The van der Waals surface area contributed by atoms with Gasteiger partial charge < -0.3 is 4.90 Å². The van der Waals surface area contributed by atoms with Gasteiger partial charge in [0.1, 0.15) is 5.69 Å². The Kier molecular flexibility index (Phi) is 4.69. The fraction of sp³-hybridized carbons (Fsp3) is 0.500. The van der Waals surface area contributed by atoms with Crippen LogP contribution in [0.1, 0.15) is 35.8 Å². The van der Waals surface area contributed by atoms with E-state index < -0.39 is 11.9 Å². The Hall–Kier alpha value is -1.59. The Labute approximate surface area is 104 Å². The van der Waals surface area contributed by atoms with Crippen LogP contribution in [0.4, 0.5) is 13.2 Å². The molecule has 1 aromatic rings. The van der Waals surface area contributed by atoms with Gasteiger partial charge in [-0.25, -0.2) is 0 Å². The van der Waals surface area contributed by atoms with E-state index in [1.54, 1.807) is 7.05 Å². The third-order valence-corrected chi connectivity index (χ3v) is 2.49. The Morgan fingerprint density at radius 2 is 2.06 bits per heavy atom. The van der Waals surface area contributed by atoms with Gasteiger partial charge in [0.15, 0.2) is 0 Å². The van der Waals surface area contributed by atoms with Gasteiger partial charge in [0, 0.05) is 19.8 Å². The highest BCUT2D eigenvalue weighted by Crippen LogP contribution is 2.27. The lowest BCUT2D eigenvalue weighted by Crippen LogP contribution is -2.27. The molecule has 1 heterocycles. The van der Waals surface area contributed by atoms with Crippen molar-refractivity contribution < 1.29 is 18.0 Å². The number of rotatable bonds is 4. The van der Waals surface area contributed by atoms with Gasteiger partial charge in [0.05, 0.1) is 5.56 Å². The van der Waals surface area contributed by atoms with Gasteiger partial charge in [-0.3, -0.25) is 9.78 Å². The number of pyridine rings is 1. The van der Waals surface area contributed by atoms with Crippen molar-refractivity contribution in [1.82, 2.24) is 9.88 Å². The monoisotopic (exact) mass is 260 g/mol. The SMILES string of the molecule is CCCCN(C)C(=O)c1ccc(C(F)(F)F)nc1. The minimum Gasteiger partial charge on any atom is -0.342 e. The minimum atomic E-state index is -4.48. The molecule has 3 nitrogen and oxygen atoms in total. The molecule has 1 rings (SSSR count). The van der Waals surface area contributed by atoms with E-state index in [2.05, 4.69) is 4.98 Å². The molecular weight excluding hydrogens is 245 g/mol. The Bertz CT molecular complexity index is 401. The normalized spacial score (nSPS) is 11.4. The summed E-state index contributed by atoms with van der Waals surface area (Å²) in [6.07, 6.45) is -1.71. The van der Waals surface area contributed by atoms with Crippen LogP contribution in [0.2, 0.25) is 0 Å². The average Bonchev–Trinajstić information content (AvgIpc) is 2.34. The molecule has 0 saturated heterocycles. The summed E-state index contributed by atoms with van der Waals surface area (Å²) in [6.45, 7) is 2.58. The molecule has 0 atom stereocenters. The molecule has 0 aromatic carbocycles. The van der Waals surface area contributed by atoms with Crippen LogP contribution >= 0.6 is 0 Å². The second-order valence-corrected chi connectivity index (χ2v) is 4.01. The molecule has 18 heavy (non-hydrogen) atoms. The topological polar surface area (TPSA) is 33.2 Å². The van der Waals surface area contributed by atoms with E-state index in [0.717, 1.165) is 31.2 Å². The third-order valence-electron chi connectivity index (χ3n) is 2.49. The van der Waals surface area contributed by atoms with Crippen molar-refractivity contribution in [2.75, 3.05) is 13.6 Å². The van der Waals surface area contributed by atoms with Gasteiger partial charge in [-0.1, -0.05) is 13.3 Å². The molecule has 0 bridgehead atoms. The highest BCUT2D eigenvalue weighted by molar-refractivity contribution is 5.93. The second kappa shape index (κ2) is 5.84. The summed E-state index contributed by atoms with van der Waals surface area (Å²) in [5, 5.41) is 0. The summed E-state index contributed by atoms with van der Waals surface area (Å²) >= 11 is 0. The molecule has 1 aromatic heterocycles. The van der Waals surface area contributed by atoms with Crippen molar-refractivity contribution in [3.8, 4) is 0 Å². The van der Waals surface area contributed by atoms with Crippen LogP contribution in [0, 0.1) is 0 Å². The lowest BCUT2D eigenvalue weighted by molar-refractivity contribution is -0.141. The van der Waals surface area contributed by atoms with Crippen LogP contribution in [0.3, 0.4) is 0 Å². The van der Waals surface area contributed by atoms with E-state index >= 15 is 0 Å². The fourth-order valence-corrected chi connectivity index (χ4v) is 1.41. The van der Waals surface area contributed by atoms with Crippen LogP contribution in [0.15, 0.2) is 18.3 Å². The van der Waals surface area contributed by atoms with Crippen molar-refractivity contribution >= 4 is 5.91 Å². The predicted molar refractivity (Wildman–Crippen MR) is 61.1 cm³/mol. The zero-order chi connectivity index (χ0) is 13.8. The van der Waals surface area contributed by atoms with E-state index in [1.165, 1.54) is 4.90 Å². The Balaban J connectivity index is 2.76. The van der Waals surface area contributed by atoms with Crippen molar-refractivity contribution in [1.29, 1.82) is 0 Å². The summed E-state index contributed by atoms with van der Waals surface area (Å²) < 4.78 is 36.9. The number of hydrogen-bond acceptors (Lipinski definition) is 2. The van der Waals surface area contributed by atoms with Crippen molar-refractivity contribution in [2.45, 2.75) is 25.9 Å². The van der Waals surface area contributed by atoms with Crippen LogP contribution in [0.25, 0.3) is 0 Å². The molecule has 0 aliphatic carbocycles. The van der Waals surface area contributed by atoms with Crippen molar-refractivity contribution in [2.24, 2.45) is 0 Å². The molecule has 0 radical (unpaired) electrons. The lowest BCUT2D eigenvalue weighted by atomic mass is 10.2. The first-order valence-corrected chi connectivity index (χ1v) is 5.65. The van der Waals surface area contributed by atoms with E-state index in [4.69, 9.17) is 0 Å². The first-order chi connectivity index (χ1) is 8.36. The maximum atomic E-state index is 12.3. The van der Waals surface area contributed by atoms with Crippen molar-refractivity contribution in [3.05, 3.63) is 29.6 Å². The summed E-state index contributed by atoms with van der Waals surface area (Å²) in [5.74, 6) is -0.315. The fourth-order valence-electron chi connectivity index (χ4n) is 1.41. The Morgan fingerprint density at radius 1 is 1.39 bits per heavy atom. The van der Waals surface area contributed by atoms with Crippen LogP contribution in [-0.4, -0.2) is 29.4 Å². The van der Waals surface area contributed by atoms with Crippen LogP contribution in [0.5, 0.6) is 0 Å². The van der Waals surface area contributed by atoms with Gasteiger partial charge in [0.2, 0.25) is 0 Å². The predicted octanol–water partition coefficient (Wildman–Crippen LogP) is 2.97. The quantitative estimate of drug-likeness (QED) is 0.833. The molecule has 1 amide bonds. The summed E-state index contributed by atoms with van der Waals surface area (Å²) in [4.78, 5) is 16.6. The molecule has 0 aliphatic rings. The highest BCUT2D eigenvalue weighted by atomic mass is 19.4. The van der Waals surface area contributed by atoms with Gasteiger partial charge in [-0.2, -0.15) is 13.2 Å². The zero-order valence-electron chi connectivity index (χ0n) is 10.3. The molecule has 6 heteroatoms. The first-order valence-electron chi connectivity index (χ1n) is 5.65.